The molecule has 0 spiro atoms. The first kappa shape index (κ1) is 16.6. The van der Waals surface area contributed by atoms with Crippen molar-refractivity contribution in [2.24, 2.45) is 0 Å². The average Bonchev–Trinajstić information content (AvgIpc) is 2.68. The maximum Gasteiger partial charge on any atom is 0.337 e. The van der Waals surface area contributed by atoms with Gasteiger partial charge in [-0.1, -0.05) is 42.5 Å². The summed E-state index contributed by atoms with van der Waals surface area (Å²) in [6, 6.07) is 20.1. The highest BCUT2D eigenvalue weighted by atomic mass is 16.5. The molecule has 4 nitrogen and oxygen atoms in total. The van der Waals surface area contributed by atoms with E-state index >= 15 is 0 Å². The van der Waals surface area contributed by atoms with Gasteiger partial charge in [0.15, 0.2) is 24.7 Å². The van der Waals surface area contributed by atoms with Crippen LogP contribution in [0.3, 0.4) is 0 Å². The van der Waals surface area contributed by atoms with Crippen molar-refractivity contribution < 1.29 is 18.9 Å². The molecule has 0 saturated heterocycles. The Hall–Kier alpha value is -3.27. The molecule has 2 aromatic carbocycles. The molecule has 0 atom stereocenters. The van der Waals surface area contributed by atoms with Crippen LogP contribution in [-0.4, -0.2) is 18.9 Å². The fraction of sp³-hybridized carbons (Fsp3) is 0.0952. The predicted molar refractivity (Wildman–Crippen MR) is 93.4 cm³/mol. The zero-order valence-corrected chi connectivity index (χ0v) is 13.9. The number of methoxy groups -OCH3 is 1. The van der Waals surface area contributed by atoms with E-state index in [4.69, 9.17) is 4.74 Å². The molecule has 0 amide bonds. The van der Waals surface area contributed by atoms with Crippen molar-refractivity contribution in [2.75, 3.05) is 7.11 Å². The smallest absolute Gasteiger partial charge is 0.337 e. The van der Waals surface area contributed by atoms with E-state index in [0.717, 1.165) is 5.56 Å². The van der Waals surface area contributed by atoms with Crippen LogP contribution in [0.25, 0.3) is 0 Å². The highest BCUT2D eigenvalue weighted by molar-refractivity contribution is 6.08. The fourth-order valence-electron chi connectivity index (χ4n) is 2.60. The van der Waals surface area contributed by atoms with Gasteiger partial charge in [0.1, 0.15) is 0 Å². The molecular formula is C21H18NO3+. The normalized spacial score (nSPS) is 10.3. The van der Waals surface area contributed by atoms with E-state index in [1.807, 2.05) is 65.5 Å². The van der Waals surface area contributed by atoms with Crippen molar-refractivity contribution in [2.45, 2.75) is 6.54 Å². The van der Waals surface area contributed by atoms with Gasteiger partial charge in [0.25, 0.3) is 0 Å². The Morgan fingerprint density at radius 3 is 2.16 bits per heavy atom. The first-order valence-electron chi connectivity index (χ1n) is 7.93. The molecule has 4 heteroatoms. The zero-order valence-electron chi connectivity index (χ0n) is 13.9. The van der Waals surface area contributed by atoms with Crippen LogP contribution < -0.4 is 4.57 Å². The van der Waals surface area contributed by atoms with E-state index in [1.54, 1.807) is 18.2 Å². The van der Waals surface area contributed by atoms with Crippen LogP contribution in [0.15, 0.2) is 79.1 Å². The number of carbonyl (C=O) groups excluding carboxylic acids is 2. The Bertz CT molecular complexity index is 887. The molecule has 25 heavy (non-hydrogen) atoms. The van der Waals surface area contributed by atoms with E-state index < -0.39 is 0 Å². The van der Waals surface area contributed by atoms with Gasteiger partial charge in [0.05, 0.1) is 12.7 Å². The first-order chi connectivity index (χ1) is 12.2. The number of ketones is 1. The maximum absolute atomic E-state index is 12.4. The summed E-state index contributed by atoms with van der Waals surface area (Å²) in [4.78, 5) is 24.0. The fourth-order valence-corrected chi connectivity index (χ4v) is 2.60. The average molecular weight is 332 g/mol. The third-order valence-electron chi connectivity index (χ3n) is 3.90. The topological polar surface area (TPSA) is 47.2 Å². The number of ether oxygens (including phenoxy) is 1. The summed E-state index contributed by atoms with van der Waals surface area (Å²) in [7, 11) is 1.37. The molecule has 0 saturated carbocycles. The van der Waals surface area contributed by atoms with Crippen molar-refractivity contribution in [1.82, 2.24) is 0 Å². The molecule has 124 valence electrons. The molecule has 0 N–H and O–H groups in total. The molecule has 0 bridgehead atoms. The molecule has 1 aromatic heterocycles. The largest absolute Gasteiger partial charge is 0.465 e. The van der Waals surface area contributed by atoms with Gasteiger partial charge in [-0.2, -0.15) is 0 Å². The lowest BCUT2D eigenvalue weighted by molar-refractivity contribution is -0.688. The number of benzene rings is 2. The second-order valence-corrected chi connectivity index (χ2v) is 5.65. The number of aromatic nitrogens is 1. The summed E-state index contributed by atoms with van der Waals surface area (Å²) in [5.41, 5.74) is 2.82. The van der Waals surface area contributed by atoms with Crippen molar-refractivity contribution in [3.05, 3.63) is 101 Å². The van der Waals surface area contributed by atoms with Crippen LogP contribution in [0.5, 0.6) is 0 Å². The Labute approximate surface area is 146 Å². The van der Waals surface area contributed by atoms with E-state index in [1.165, 1.54) is 7.11 Å². The third kappa shape index (κ3) is 3.98. The van der Waals surface area contributed by atoms with Gasteiger partial charge in [-0.15, -0.1) is 0 Å². The lowest BCUT2D eigenvalue weighted by Crippen LogP contribution is -2.33. The quantitative estimate of drug-likeness (QED) is 0.410. The summed E-state index contributed by atoms with van der Waals surface area (Å²) in [6.45, 7) is 0.602. The Balaban J connectivity index is 1.75. The first-order valence-corrected chi connectivity index (χ1v) is 7.93. The minimum absolute atomic E-state index is 0.000406. The van der Waals surface area contributed by atoms with Crippen molar-refractivity contribution in [1.29, 1.82) is 0 Å². The Kier molecular flexibility index (Phi) is 5.00. The molecule has 0 aliphatic rings. The van der Waals surface area contributed by atoms with E-state index in [9.17, 15) is 9.59 Å². The highest BCUT2D eigenvalue weighted by Crippen LogP contribution is 2.09. The third-order valence-corrected chi connectivity index (χ3v) is 3.90. The monoisotopic (exact) mass is 332 g/mol. The number of pyridine rings is 1. The van der Waals surface area contributed by atoms with E-state index in [0.29, 0.717) is 23.2 Å². The van der Waals surface area contributed by atoms with Crippen LogP contribution in [0.2, 0.25) is 0 Å². The molecule has 0 fully saturated rings. The van der Waals surface area contributed by atoms with Gasteiger partial charge in [-0.3, -0.25) is 4.79 Å². The van der Waals surface area contributed by atoms with Gasteiger partial charge in [0, 0.05) is 28.8 Å². The molecular weight excluding hydrogens is 314 g/mol. The predicted octanol–water partition coefficient (Wildman–Crippen LogP) is 3.04. The maximum atomic E-state index is 12.4. The second kappa shape index (κ2) is 7.53. The molecule has 0 radical (unpaired) electrons. The number of esters is 1. The number of rotatable bonds is 5. The summed E-state index contributed by atoms with van der Waals surface area (Å²) in [5, 5.41) is 0. The molecule has 0 aliphatic heterocycles. The summed E-state index contributed by atoms with van der Waals surface area (Å²) in [6.07, 6.45) is 3.72. The van der Waals surface area contributed by atoms with E-state index in [-0.39, 0.29) is 11.8 Å². The lowest BCUT2D eigenvalue weighted by atomic mass is 10.0. The molecule has 0 unspecified atom stereocenters. The minimum Gasteiger partial charge on any atom is -0.465 e. The van der Waals surface area contributed by atoms with Crippen molar-refractivity contribution in [3.63, 3.8) is 0 Å². The summed E-state index contributed by atoms with van der Waals surface area (Å²) < 4.78 is 6.70. The van der Waals surface area contributed by atoms with Gasteiger partial charge in [-0.05, 0) is 12.1 Å². The van der Waals surface area contributed by atoms with Crippen molar-refractivity contribution in [3.8, 4) is 0 Å². The van der Waals surface area contributed by atoms with Crippen LogP contribution >= 0.6 is 0 Å². The Morgan fingerprint density at radius 1 is 0.840 bits per heavy atom. The van der Waals surface area contributed by atoms with Crippen LogP contribution in [0, 0.1) is 0 Å². The zero-order chi connectivity index (χ0) is 17.6. The molecule has 0 aliphatic carbocycles. The summed E-state index contributed by atoms with van der Waals surface area (Å²) >= 11 is 0. The van der Waals surface area contributed by atoms with E-state index in [2.05, 4.69) is 0 Å². The molecule has 1 heterocycles. The highest BCUT2D eigenvalue weighted by Gasteiger charge is 2.12. The SMILES string of the molecule is COC(=O)c1cccc(C[n+]2ccc(C(=O)c3ccccc3)cc2)c1. The molecule has 3 aromatic rings. The van der Waals surface area contributed by atoms with Gasteiger partial charge in [0.2, 0.25) is 0 Å². The van der Waals surface area contributed by atoms with Crippen LogP contribution in [0.4, 0.5) is 0 Å². The number of hydrogen-bond acceptors (Lipinski definition) is 3. The summed E-state index contributed by atoms with van der Waals surface area (Å²) in [5.74, 6) is -0.351. The number of hydrogen-bond donors (Lipinski definition) is 0. The van der Waals surface area contributed by atoms with Crippen LogP contribution in [-0.2, 0) is 11.3 Å². The second-order valence-electron chi connectivity index (χ2n) is 5.65. The number of nitrogens with zero attached hydrogens (tertiary/aromatic N) is 1. The van der Waals surface area contributed by atoms with Gasteiger partial charge in [-0.25, -0.2) is 9.36 Å². The van der Waals surface area contributed by atoms with Gasteiger partial charge >= 0.3 is 5.97 Å². The van der Waals surface area contributed by atoms with Crippen LogP contribution in [0.1, 0.15) is 31.8 Å². The molecule has 3 rings (SSSR count). The van der Waals surface area contributed by atoms with Crippen molar-refractivity contribution >= 4 is 11.8 Å². The minimum atomic E-state index is -0.351. The Morgan fingerprint density at radius 2 is 1.48 bits per heavy atom. The standard InChI is InChI=1S/C21H18NO3/c1-25-21(24)19-9-5-6-16(14-19)15-22-12-10-18(11-13-22)20(23)17-7-3-2-4-8-17/h2-14H,15H2,1H3/q+1. The number of carbonyl (C=O) groups is 2. The lowest BCUT2D eigenvalue weighted by Gasteiger charge is -2.03. The van der Waals surface area contributed by atoms with Gasteiger partial charge < -0.3 is 4.74 Å².